The van der Waals surface area contributed by atoms with E-state index in [0.29, 0.717) is 0 Å². The first-order chi connectivity index (χ1) is 9.72. The van der Waals surface area contributed by atoms with Gasteiger partial charge in [-0.15, -0.1) is 11.3 Å². The third-order valence-electron chi connectivity index (χ3n) is 3.47. The van der Waals surface area contributed by atoms with Crippen LogP contribution in [0.5, 0.6) is 5.88 Å². The van der Waals surface area contributed by atoms with Crippen molar-refractivity contribution in [2.24, 2.45) is 0 Å². The standard InChI is InChI=1S/C16H10BrNOS/c17-12-3-1-11-9-18(16(19)14(11)7-12)13-4-2-10-5-6-20-15(10)8-13/h1-9,19H. The minimum absolute atomic E-state index is 0.275. The number of hydrogen-bond donors (Lipinski definition) is 1. The van der Waals surface area contributed by atoms with E-state index < -0.39 is 0 Å². The van der Waals surface area contributed by atoms with Crippen molar-refractivity contribution in [3.63, 3.8) is 0 Å². The van der Waals surface area contributed by atoms with Crippen LogP contribution in [0.3, 0.4) is 0 Å². The predicted molar refractivity (Wildman–Crippen MR) is 88.0 cm³/mol. The Labute approximate surface area is 128 Å². The van der Waals surface area contributed by atoms with Gasteiger partial charge in [0.15, 0.2) is 0 Å². The molecule has 2 aromatic heterocycles. The summed E-state index contributed by atoms with van der Waals surface area (Å²) >= 11 is 5.15. The zero-order chi connectivity index (χ0) is 13.7. The molecule has 0 fully saturated rings. The van der Waals surface area contributed by atoms with Crippen LogP contribution in [-0.4, -0.2) is 9.67 Å². The van der Waals surface area contributed by atoms with E-state index in [4.69, 9.17) is 0 Å². The van der Waals surface area contributed by atoms with Crippen LogP contribution in [-0.2, 0) is 0 Å². The van der Waals surface area contributed by atoms with Crippen molar-refractivity contribution >= 4 is 48.1 Å². The Balaban J connectivity index is 1.98. The first kappa shape index (κ1) is 12.0. The van der Waals surface area contributed by atoms with Crippen molar-refractivity contribution in [2.75, 3.05) is 0 Å². The topological polar surface area (TPSA) is 25.2 Å². The minimum Gasteiger partial charge on any atom is -0.494 e. The molecule has 0 unspecified atom stereocenters. The molecule has 2 aromatic carbocycles. The summed E-state index contributed by atoms with van der Waals surface area (Å²) in [7, 11) is 0. The van der Waals surface area contributed by atoms with Gasteiger partial charge in [0, 0.05) is 31.8 Å². The molecule has 0 amide bonds. The Hall–Kier alpha value is -1.78. The zero-order valence-electron chi connectivity index (χ0n) is 10.4. The van der Waals surface area contributed by atoms with E-state index in [9.17, 15) is 5.11 Å². The van der Waals surface area contributed by atoms with Crippen molar-refractivity contribution < 1.29 is 5.11 Å². The summed E-state index contributed by atoms with van der Waals surface area (Å²) in [6.45, 7) is 0. The Kier molecular flexibility index (Phi) is 2.62. The van der Waals surface area contributed by atoms with Gasteiger partial charge in [0.05, 0.1) is 0 Å². The average Bonchev–Trinajstić information content (AvgIpc) is 3.03. The lowest BCUT2D eigenvalue weighted by molar-refractivity contribution is 0.448. The maximum absolute atomic E-state index is 10.4. The number of aromatic nitrogens is 1. The highest BCUT2D eigenvalue weighted by Gasteiger charge is 2.10. The maximum Gasteiger partial charge on any atom is 0.203 e. The van der Waals surface area contributed by atoms with E-state index in [1.807, 2.05) is 35.0 Å². The number of halogens is 1. The van der Waals surface area contributed by atoms with Gasteiger partial charge >= 0.3 is 0 Å². The Morgan fingerprint density at radius 1 is 1.00 bits per heavy atom. The van der Waals surface area contributed by atoms with Crippen LogP contribution >= 0.6 is 27.3 Å². The highest BCUT2D eigenvalue weighted by Crippen LogP contribution is 2.33. The SMILES string of the molecule is Oc1c2cc(Br)ccc2cn1-c1ccc2ccsc2c1. The van der Waals surface area contributed by atoms with Crippen LogP contribution in [0.15, 0.2) is 58.5 Å². The maximum atomic E-state index is 10.4. The minimum atomic E-state index is 0.275. The highest BCUT2D eigenvalue weighted by atomic mass is 79.9. The molecule has 4 rings (SSSR count). The molecular formula is C16H10BrNOS. The number of hydrogen-bond acceptors (Lipinski definition) is 2. The lowest BCUT2D eigenvalue weighted by Gasteiger charge is -2.04. The van der Waals surface area contributed by atoms with Gasteiger partial charge in [-0.3, -0.25) is 4.57 Å². The Morgan fingerprint density at radius 3 is 2.75 bits per heavy atom. The van der Waals surface area contributed by atoms with Crippen LogP contribution in [0.4, 0.5) is 0 Å². The fourth-order valence-electron chi connectivity index (χ4n) is 2.45. The Bertz CT molecular complexity index is 938. The van der Waals surface area contributed by atoms with Gasteiger partial charge in [0.2, 0.25) is 5.88 Å². The first-order valence-corrected chi connectivity index (χ1v) is 7.87. The van der Waals surface area contributed by atoms with Crippen LogP contribution in [0.1, 0.15) is 0 Å². The average molecular weight is 344 g/mol. The molecule has 2 heterocycles. The summed E-state index contributed by atoms with van der Waals surface area (Å²) in [4.78, 5) is 0. The van der Waals surface area contributed by atoms with Gasteiger partial charge < -0.3 is 5.11 Å². The monoisotopic (exact) mass is 343 g/mol. The number of fused-ring (bicyclic) bond motifs is 2. The molecule has 0 bridgehead atoms. The van der Waals surface area contributed by atoms with Gasteiger partial charge in [0.25, 0.3) is 0 Å². The van der Waals surface area contributed by atoms with Crippen LogP contribution in [0.25, 0.3) is 26.5 Å². The summed E-state index contributed by atoms with van der Waals surface area (Å²) in [5.41, 5.74) is 0.977. The number of rotatable bonds is 1. The van der Waals surface area contributed by atoms with Crippen molar-refractivity contribution in [2.45, 2.75) is 0 Å². The van der Waals surface area contributed by atoms with Crippen molar-refractivity contribution in [3.05, 3.63) is 58.5 Å². The van der Waals surface area contributed by atoms with Gasteiger partial charge in [-0.05, 0) is 41.1 Å². The number of aromatic hydroxyl groups is 1. The molecule has 0 atom stereocenters. The number of thiophene rings is 1. The van der Waals surface area contributed by atoms with E-state index in [-0.39, 0.29) is 5.88 Å². The third kappa shape index (κ3) is 1.76. The molecule has 20 heavy (non-hydrogen) atoms. The first-order valence-electron chi connectivity index (χ1n) is 6.19. The predicted octanol–water partition coefficient (Wildman–Crippen LogP) is 5.31. The van der Waals surface area contributed by atoms with E-state index in [1.165, 1.54) is 10.1 Å². The number of benzene rings is 2. The molecule has 0 saturated carbocycles. The molecule has 0 aliphatic heterocycles. The quantitative estimate of drug-likeness (QED) is 0.497. The van der Waals surface area contributed by atoms with Gasteiger partial charge in [-0.25, -0.2) is 0 Å². The lowest BCUT2D eigenvalue weighted by atomic mass is 10.2. The second kappa shape index (κ2) is 4.36. The highest BCUT2D eigenvalue weighted by molar-refractivity contribution is 9.10. The van der Waals surface area contributed by atoms with Gasteiger partial charge in [0.1, 0.15) is 0 Å². The smallest absolute Gasteiger partial charge is 0.203 e. The molecular weight excluding hydrogens is 334 g/mol. The van der Waals surface area contributed by atoms with Crippen LogP contribution < -0.4 is 0 Å². The van der Waals surface area contributed by atoms with E-state index in [2.05, 4.69) is 39.5 Å². The normalized spacial score (nSPS) is 11.4. The molecule has 0 spiro atoms. The lowest BCUT2D eigenvalue weighted by Crippen LogP contribution is -1.89. The second-order valence-electron chi connectivity index (χ2n) is 4.70. The summed E-state index contributed by atoms with van der Waals surface area (Å²) in [5.74, 6) is 0.275. The summed E-state index contributed by atoms with van der Waals surface area (Å²) in [6.07, 6.45) is 1.96. The second-order valence-corrected chi connectivity index (χ2v) is 6.56. The van der Waals surface area contributed by atoms with Gasteiger partial charge in [-0.1, -0.05) is 28.1 Å². The molecule has 2 nitrogen and oxygen atoms in total. The fourth-order valence-corrected chi connectivity index (χ4v) is 3.64. The van der Waals surface area contributed by atoms with E-state index in [1.54, 1.807) is 11.3 Å². The van der Waals surface area contributed by atoms with Crippen molar-refractivity contribution in [1.82, 2.24) is 4.57 Å². The molecule has 4 aromatic rings. The summed E-state index contributed by atoms with van der Waals surface area (Å²) < 4.78 is 4.02. The largest absolute Gasteiger partial charge is 0.494 e. The van der Waals surface area contributed by atoms with Crippen LogP contribution in [0.2, 0.25) is 0 Å². The molecule has 0 saturated heterocycles. The number of nitrogens with zero attached hydrogens (tertiary/aromatic N) is 1. The summed E-state index contributed by atoms with van der Waals surface area (Å²) in [6, 6.07) is 14.2. The molecule has 1 N–H and O–H groups in total. The molecule has 0 radical (unpaired) electrons. The van der Waals surface area contributed by atoms with Crippen LogP contribution in [0, 0.1) is 0 Å². The Morgan fingerprint density at radius 2 is 1.85 bits per heavy atom. The van der Waals surface area contributed by atoms with Crippen molar-refractivity contribution in [3.8, 4) is 11.6 Å². The third-order valence-corrected chi connectivity index (χ3v) is 4.84. The molecule has 98 valence electrons. The van der Waals surface area contributed by atoms with Crippen molar-refractivity contribution in [1.29, 1.82) is 0 Å². The van der Waals surface area contributed by atoms with Gasteiger partial charge in [-0.2, -0.15) is 0 Å². The molecule has 4 heteroatoms. The summed E-state index contributed by atoms with van der Waals surface area (Å²) in [5, 5.41) is 15.6. The fraction of sp³-hybridized carbons (Fsp3) is 0. The van der Waals surface area contributed by atoms with E-state index >= 15 is 0 Å². The zero-order valence-corrected chi connectivity index (χ0v) is 12.8. The molecule has 0 aliphatic carbocycles. The molecule has 0 aliphatic rings. The van der Waals surface area contributed by atoms with E-state index in [0.717, 1.165) is 20.9 Å².